The topological polar surface area (TPSA) is 53.4 Å². The Hall–Kier alpha value is -3.08. The van der Waals surface area contributed by atoms with Crippen molar-refractivity contribution < 1.29 is 14.3 Å². The summed E-state index contributed by atoms with van der Waals surface area (Å²) in [6.07, 6.45) is 3.59. The number of hydrogen-bond acceptors (Lipinski definition) is 4. The quantitative estimate of drug-likeness (QED) is 0.645. The fourth-order valence-corrected chi connectivity index (χ4v) is 2.56. The van der Waals surface area contributed by atoms with Gasteiger partial charge in [0.1, 0.15) is 18.2 Å². The van der Waals surface area contributed by atoms with E-state index in [-0.39, 0.29) is 6.61 Å². The van der Waals surface area contributed by atoms with Gasteiger partial charge in [0.15, 0.2) is 0 Å². The van der Waals surface area contributed by atoms with Crippen LogP contribution < -0.4 is 4.74 Å². The third-order valence-corrected chi connectivity index (χ3v) is 3.97. The average molecular weight is 336 g/mol. The molecule has 0 radical (unpaired) electrons. The first kappa shape index (κ1) is 16.8. The second-order valence-corrected chi connectivity index (χ2v) is 5.72. The molecule has 0 amide bonds. The van der Waals surface area contributed by atoms with Crippen molar-refractivity contribution in [3.8, 4) is 5.75 Å². The monoisotopic (exact) mass is 336 g/mol. The van der Waals surface area contributed by atoms with Gasteiger partial charge in [-0.25, -0.2) is 9.78 Å². The molecule has 2 aromatic carbocycles. The summed E-state index contributed by atoms with van der Waals surface area (Å²) in [5, 5.41) is 0. The number of rotatable bonds is 6. The highest BCUT2D eigenvalue weighted by Gasteiger charge is 2.12. The molecule has 0 aliphatic heterocycles. The van der Waals surface area contributed by atoms with Crippen LogP contribution >= 0.6 is 0 Å². The highest BCUT2D eigenvalue weighted by atomic mass is 16.5. The number of esters is 1. The van der Waals surface area contributed by atoms with Crippen LogP contribution in [0, 0.1) is 6.92 Å². The van der Waals surface area contributed by atoms with E-state index in [4.69, 9.17) is 9.47 Å². The highest BCUT2D eigenvalue weighted by molar-refractivity contribution is 5.90. The summed E-state index contributed by atoms with van der Waals surface area (Å²) in [5.41, 5.74) is 2.59. The summed E-state index contributed by atoms with van der Waals surface area (Å²) >= 11 is 0. The largest absolute Gasteiger partial charge is 0.496 e. The van der Waals surface area contributed by atoms with Gasteiger partial charge in [-0.3, -0.25) is 0 Å². The number of methoxy groups -OCH3 is 1. The molecule has 0 N–H and O–H groups in total. The summed E-state index contributed by atoms with van der Waals surface area (Å²) in [6, 6.07) is 15.3. The van der Waals surface area contributed by atoms with Crippen molar-refractivity contribution in [3.05, 3.63) is 83.4 Å². The minimum Gasteiger partial charge on any atom is -0.496 e. The lowest BCUT2D eigenvalue weighted by Gasteiger charge is -2.10. The number of imidazole rings is 1. The zero-order valence-corrected chi connectivity index (χ0v) is 14.3. The van der Waals surface area contributed by atoms with E-state index >= 15 is 0 Å². The smallest absolute Gasteiger partial charge is 0.338 e. The maximum Gasteiger partial charge on any atom is 0.338 e. The molecule has 3 aromatic rings. The van der Waals surface area contributed by atoms with Crippen LogP contribution in [0.3, 0.4) is 0 Å². The standard InChI is InChI=1S/C20H20N2O3/c1-15-8-9-17(12-18(15)24-2)20(23)25-14-19-21-10-11-22(19)13-16-6-4-3-5-7-16/h3-12H,13-14H2,1-2H3. The molecule has 128 valence electrons. The van der Waals surface area contributed by atoms with Crippen LogP contribution in [0.25, 0.3) is 0 Å². The normalized spacial score (nSPS) is 10.5. The van der Waals surface area contributed by atoms with Gasteiger partial charge in [0.05, 0.1) is 12.7 Å². The van der Waals surface area contributed by atoms with E-state index in [0.717, 1.165) is 11.1 Å². The Bertz CT molecular complexity index is 856. The number of carbonyl (C=O) groups excluding carboxylic acids is 1. The van der Waals surface area contributed by atoms with Crippen molar-refractivity contribution in [1.29, 1.82) is 0 Å². The van der Waals surface area contributed by atoms with Crippen molar-refractivity contribution in [1.82, 2.24) is 9.55 Å². The first-order chi connectivity index (χ1) is 12.2. The third-order valence-electron chi connectivity index (χ3n) is 3.97. The SMILES string of the molecule is COc1cc(C(=O)OCc2nccn2Cc2ccccc2)ccc1C. The molecule has 0 aliphatic carbocycles. The molecule has 3 rings (SSSR count). The zero-order chi connectivity index (χ0) is 17.6. The zero-order valence-electron chi connectivity index (χ0n) is 14.3. The molecule has 0 saturated carbocycles. The van der Waals surface area contributed by atoms with E-state index in [0.29, 0.717) is 23.7 Å². The molecule has 25 heavy (non-hydrogen) atoms. The van der Waals surface area contributed by atoms with Gasteiger partial charge in [-0.1, -0.05) is 36.4 Å². The summed E-state index contributed by atoms with van der Waals surface area (Å²) in [4.78, 5) is 16.6. The van der Waals surface area contributed by atoms with Crippen LogP contribution in [-0.4, -0.2) is 22.6 Å². The summed E-state index contributed by atoms with van der Waals surface area (Å²) < 4.78 is 12.6. The molecule has 1 heterocycles. The van der Waals surface area contributed by atoms with Crippen LogP contribution in [0.15, 0.2) is 60.9 Å². The van der Waals surface area contributed by atoms with Crippen LogP contribution in [-0.2, 0) is 17.9 Å². The van der Waals surface area contributed by atoms with Crippen LogP contribution in [0.2, 0.25) is 0 Å². The van der Waals surface area contributed by atoms with Crippen LogP contribution in [0.4, 0.5) is 0 Å². The van der Waals surface area contributed by atoms with E-state index in [1.54, 1.807) is 25.4 Å². The number of nitrogens with zero attached hydrogens (tertiary/aromatic N) is 2. The Morgan fingerprint density at radius 3 is 2.72 bits per heavy atom. The first-order valence-electron chi connectivity index (χ1n) is 8.03. The van der Waals surface area contributed by atoms with E-state index < -0.39 is 5.97 Å². The molecular formula is C20H20N2O3. The number of ether oxygens (including phenoxy) is 2. The molecule has 5 heteroatoms. The minimum absolute atomic E-state index is 0.120. The molecule has 5 nitrogen and oxygen atoms in total. The second-order valence-electron chi connectivity index (χ2n) is 5.72. The van der Waals surface area contributed by atoms with Gasteiger partial charge in [0, 0.05) is 18.9 Å². The maximum atomic E-state index is 12.3. The minimum atomic E-state index is -0.396. The number of carbonyl (C=O) groups is 1. The number of aryl methyl sites for hydroxylation is 1. The Morgan fingerprint density at radius 1 is 1.16 bits per heavy atom. The van der Waals surface area contributed by atoms with Gasteiger partial charge in [-0.15, -0.1) is 0 Å². The first-order valence-corrected chi connectivity index (χ1v) is 8.03. The fourth-order valence-electron chi connectivity index (χ4n) is 2.56. The second kappa shape index (κ2) is 7.66. The summed E-state index contributed by atoms with van der Waals surface area (Å²) in [5.74, 6) is 0.976. The number of aromatic nitrogens is 2. The van der Waals surface area contributed by atoms with Crippen LogP contribution in [0.5, 0.6) is 5.75 Å². The van der Waals surface area contributed by atoms with Crippen molar-refractivity contribution in [3.63, 3.8) is 0 Å². The van der Waals surface area contributed by atoms with Gasteiger partial charge >= 0.3 is 5.97 Å². The summed E-state index contributed by atoms with van der Waals surface area (Å²) in [6.45, 7) is 2.73. The molecule has 0 atom stereocenters. The van der Waals surface area contributed by atoms with Gasteiger partial charge in [0.25, 0.3) is 0 Å². The molecule has 0 saturated heterocycles. The number of benzene rings is 2. The van der Waals surface area contributed by atoms with Gasteiger partial charge in [-0.05, 0) is 30.2 Å². The fraction of sp³-hybridized carbons (Fsp3) is 0.200. The predicted octanol–water partition coefficient (Wildman–Crippen LogP) is 3.61. The lowest BCUT2D eigenvalue weighted by molar-refractivity contribution is 0.0458. The molecule has 0 unspecified atom stereocenters. The maximum absolute atomic E-state index is 12.3. The van der Waals surface area contributed by atoms with Crippen molar-refractivity contribution in [2.45, 2.75) is 20.1 Å². The summed E-state index contributed by atoms with van der Waals surface area (Å²) in [7, 11) is 1.58. The molecular weight excluding hydrogens is 316 g/mol. The lowest BCUT2D eigenvalue weighted by atomic mass is 10.1. The molecule has 0 fully saturated rings. The van der Waals surface area contributed by atoms with Crippen molar-refractivity contribution >= 4 is 5.97 Å². The predicted molar refractivity (Wildman–Crippen MR) is 94.6 cm³/mol. The van der Waals surface area contributed by atoms with Crippen molar-refractivity contribution in [2.24, 2.45) is 0 Å². The Labute approximate surface area is 146 Å². The van der Waals surface area contributed by atoms with Crippen LogP contribution in [0.1, 0.15) is 27.3 Å². The molecule has 0 spiro atoms. The highest BCUT2D eigenvalue weighted by Crippen LogP contribution is 2.19. The number of hydrogen-bond donors (Lipinski definition) is 0. The van der Waals surface area contributed by atoms with E-state index in [2.05, 4.69) is 4.98 Å². The third kappa shape index (κ3) is 4.07. The molecule has 1 aromatic heterocycles. The van der Waals surface area contributed by atoms with Crippen molar-refractivity contribution in [2.75, 3.05) is 7.11 Å². The Balaban J connectivity index is 1.66. The van der Waals surface area contributed by atoms with E-state index in [1.807, 2.05) is 54.1 Å². The Morgan fingerprint density at radius 2 is 1.96 bits per heavy atom. The van der Waals surface area contributed by atoms with Gasteiger partial charge in [0.2, 0.25) is 0 Å². The lowest BCUT2D eigenvalue weighted by Crippen LogP contribution is -2.10. The van der Waals surface area contributed by atoms with E-state index in [1.165, 1.54) is 0 Å². The Kier molecular flexibility index (Phi) is 5.14. The van der Waals surface area contributed by atoms with Gasteiger partial charge in [-0.2, -0.15) is 0 Å². The average Bonchev–Trinajstić information content (AvgIpc) is 3.08. The molecule has 0 bridgehead atoms. The molecule has 0 aliphatic rings. The van der Waals surface area contributed by atoms with Gasteiger partial charge < -0.3 is 14.0 Å². The van der Waals surface area contributed by atoms with E-state index in [9.17, 15) is 4.79 Å².